The standard InChI is InChI=1S/C11H16N2O2/c1-2-8-3-5-9(6-4-8)11-12-10(7-14)15-13-11/h7-9H,2-6H2,1H3. The Bertz CT molecular complexity index is 327. The summed E-state index contributed by atoms with van der Waals surface area (Å²) in [5, 5.41) is 3.84. The molecular weight excluding hydrogens is 192 g/mol. The molecule has 2 rings (SSSR count). The van der Waals surface area contributed by atoms with Gasteiger partial charge in [0, 0.05) is 5.92 Å². The van der Waals surface area contributed by atoms with E-state index in [1.54, 1.807) is 0 Å². The van der Waals surface area contributed by atoms with E-state index in [4.69, 9.17) is 4.52 Å². The van der Waals surface area contributed by atoms with Crippen molar-refractivity contribution in [2.24, 2.45) is 5.92 Å². The first-order valence-electron chi connectivity index (χ1n) is 5.62. The molecule has 1 aromatic heterocycles. The molecule has 1 saturated carbocycles. The zero-order valence-corrected chi connectivity index (χ0v) is 8.98. The monoisotopic (exact) mass is 208 g/mol. The zero-order chi connectivity index (χ0) is 10.7. The molecule has 1 aromatic rings. The second-order valence-electron chi connectivity index (χ2n) is 4.23. The van der Waals surface area contributed by atoms with Crippen LogP contribution in [-0.4, -0.2) is 16.4 Å². The summed E-state index contributed by atoms with van der Waals surface area (Å²) in [7, 11) is 0. The number of aldehydes is 1. The molecule has 82 valence electrons. The second-order valence-corrected chi connectivity index (χ2v) is 4.23. The van der Waals surface area contributed by atoms with E-state index in [2.05, 4.69) is 17.1 Å². The predicted molar refractivity (Wildman–Crippen MR) is 54.7 cm³/mol. The van der Waals surface area contributed by atoms with Crippen LogP contribution in [0, 0.1) is 5.92 Å². The van der Waals surface area contributed by atoms with E-state index >= 15 is 0 Å². The summed E-state index contributed by atoms with van der Waals surface area (Å²) in [6.45, 7) is 2.24. The van der Waals surface area contributed by atoms with Crippen molar-refractivity contribution in [2.75, 3.05) is 0 Å². The molecule has 0 amide bonds. The van der Waals surface area contributed by atoms with Gasteiger partial charge in [0.25, 0.3) is 5.89 Å². The van der Waals surface area contributed by atoms with Crippen LogP contribution < -0.4 is 0 Å². The second kappa shape index (κ2) is 4.55. The van der Waals surface area contributed by atoms with Gasteiger partial charge in [-0.05, 0) is 31.6 Å². The highest BCUT2D eigenvalue weighted by Crippen LogP contribution is 2.35. The van der Waals surface area contributed by atoms with Gasteiger partial charge in [0.15, 0.2) is 5.82 Å². The lowest BCUT2D eigenvalue weighted by molar-refractivity contribution is 0.108. The number of carbonyl (C=O) groups is 1. The molecule has 0 aromatic carbocycles. The lowest BCUT2D eigenvalue weighted by Crippen LogP contribution is -2.13. The Kier molecular flexibility index (Phi) is 3.14. The molecule has 4 nitrogen and oxygen atoms in total. The third-order valence-corrected chi connectivity index (χ3v) is 3.35. The first-order chi connectivity index (χ1) is 7.33. The smallest absolute Gasteiger partial charge is 0.290 e. The van der Waals surface area contributed by atoms with Gasteiger partial charge in [-0.25, -0.2) is 0 Å². The summed E-state index contributed by atoms with van der Waals surface area (Å²) >= 11 is 0. The van der Waals surface area contributed by atoms with Gasteiger partial charge in [0.05, 0.1) is 0 Å². The number of nitrogens with zero attached hydrogens (tertiary/aromatic N) is 2. The molecule has 0 radical (unpaired) electrons. The minimum absolute atomic E-state index is 0.0996. The van der Waals surface area contributed by atoms with Crippen LogP contribution in [0.5, 0.6) is 0 Å². The summed E-state index contributed by atoms with van der Waals surface area (Å²) < 4.78 is 4.79. The van der Waals surface area contributed by atoms with Crippen molar-refractivity contribution in [1.29, 1.82) is 0 Å². The molecule has 1 fully saturated rings. The van der Waals surface area contributed by atoms with Crippen molar-refractivity contribution < 1.29 is 9.32 Å². The Morgan fingerprint density at radius 1 is 1.40 bits per heavy atom. The molecule has 0 saturated heterocycles. The van der Waals surface area contributed by atoms with Crippen molar-refractivity contribution in [3.63, 3.8) is 0 Å². The summed E-state index contributed by atoms with van der Waals surface area (Å²) in [5.74, 6) is 2.07. The number of aromatic nitrogens is 2. The van der Waals surface area contributed by atoms with Gasteiger partial charge in [-0.2, -0.15) is 4.98 Å². The van der Waals surface area contributed by atoms with Crippen LogP contribution in [0.2, 0.25) is 0 Å². The maximum atomic E-state index is 10.4. The lowest BCUT2D eigenvalue weighted by Gasteiger charge is -2.25. The quantitative estimate of drug-likeness (QED) is 0.716. The maximum Gasteiger partial charge on any atom is 0.290 e. The first kappa shape index (κ1) is 10.3. The predicted octanol–water partition coefficient (Wildman–Crippen LogP) is 2.57. The molecule has 0 bridgehead atoms. The molecule has 1 aliphatic carbocycles. The normalized spacial score (nSPS) is 26.5. The van der Waals surface area contributed by atoms with E-state index in [1.165, 1.54) is 19.3 Å². The summed E-state index contributed by atoms with van der Waals surface area (Å²) in [4.78, 5) is 14.5. The van der Waals surface area contributed by atoms with Gasteiger partial charge in [0.2, 0.25) is 6.29 Å². The van der Waals surface area contributed by atoms with Gasteiger partial charge in [0.1, 0.15) is 0 Å². The van der Waals surface area contributed by atoms with Gasteiger partial charge in [-0.1, -0.05) is 18.5 Å². The molecular formula is C11H16N2O2. The average molecular weight is 208 g/mol. The highest BCUT2D eigenvalue weighted by Gasteiger charge is 2.24. The van der Waals surface area contributed by atoms with E-state index in [0.717, 1.165) is 18.8 Å². The van der Waals surface area contributed by atoms with Crippen molar-refractivity contribution in [2.45, 2.75) is 44.9 Å². The third-order valence-electron chi connectivity index (χ3n) is 3.35. The molecule has 1 heterocycles. The summed E-state index contributed by atoms with van der Waals surface area (Å²) in [6.07, 6.45) is 6.59. The number of hydrogen-bond acceptors (Lipinski definition) is 4. The van der Waals surface area contributed by atoms with Crippen LogP contribution in [0.3, 0.4) is 0 Å². The largest absolute Gasteiger partial charge is 0.331 e. The van der Waals surface area contributed by atoms with Gasteiger partial charge < -0.3 is 4.52 Å². The average Bonchev–Trinajstić information content (AvgIpc) is 2.78. The molecule has 0 atom stereocenters. The van der Waals surface area contributed by atoms with Crippen molar-refractivity contribution in [3.05, 3.63) is 11.7 Å². The number of carbonyl (C=O) groups excluding carboxylic acids is 1. The van der Waals surface area contributed by atoms with Gasteiger partial charge in [-0.3, -0.25) is 4.79 Å². The van der Waals surface area contributed by atoms with Crippen LogP contribution in [0.4, 0.5) is 0 Å². The van der Waals surface area contributed by atoms with E-state index in [-0.39, 0.29) is 5.89 Å². The molecule has 15 heavy (non-hydrogen) atoms. The summed E-state index contributed by atoms with van der Waals surface area (Å²) in [6, 6.07) is 0. The third kappa shape index (κ3) is 2.25. The Hall–Kier alpha value is -1.19. The van der Waals surface area contributed by atoms with Crippen LogP contribution >= 0.6 is 0 Å². The lowest BCUT2D eigenvalue weighted by atomic mass is 9.80. The van der Waals surface area contributed by atoms with Crippen LogP contribution in [0.25, 0.3) is 0 Å². The first-order valence-corrected chi connectivity index (χ1v) is 5.62. The van der Waals surface area contributed by atoms with Crippen molar-refractivity contribution in [3.8, 4) is 0 Å². The Morgan fingerprint density at radius 2 is 2.13 bits per heavy atom. The molecule has 1 aliphatic rings. The Labute approximate surface area is 89.1 Å². The molecule has 0 N–H and O–H groups in total. The van der Waals surface area contributed by atoms with Crippen LogP contribution in [0.15, 0.2) is 4.52 Å². The minimum Gasteiger partial charge on any atom is -0.331 e. The van der Waals surface area contributed by atoms with E-state index in [9.17, 15) is 4.79 Å². The Morgan fingerprint density at radius 3 is 2.67 bits per heavy atom. The van der Waals surface area contributed by atoms with E-state index < -0.39 is 0 Å². The Balaban J connectivity index is 1.97. The van der Waals surface area contributed by atoms with Crippen LogP contribution in [0.1, 0.15) is 61.5 Å². The SMILES string of the molecule is CCC1CCC(c2noc(C=O)n2)CC1. The van der Waals surface area contributed by atoms with Crippen LogP contribution in [-0.2, 0) is 0 Å². The fourth-order valence-corrected chi connectivity index (χ4v) is 2.29. The molecule has 4 heteroatoms. The fourth-order valence-electron chi connectivity index (χ4n) is 2.29. The molecule has 0 unspecified atom stereocenters. The highest BCUT2D eigenvalue weighted by atomic mass is 16.5. The maximum absolute atomic E-state index is 10.4. The topological polar surface area (TPSA) is 56.0 Å². The number of hydrogen-bond donors (Lipinski definition) is 0. The van der Waals surface area contributed by atoms with E-state index in [1.807, 2.05) is 0 Å². The van der Waals surface area contributed by atoms with Crippen molar-refractivity contribution in [1.82, 2.24) is 10.1 Å². The molecule has 0 spiro atoms. The number of rotatable bonds is 3. The van der Waals surface area contributed by atoms with Gasteiger partial charge >= 0.3 is 0 Å². The fraction of sp³-hybridized carbons (Fsp3) is 0.727. The van der Waals surface area contributed by atoms with Crippen molar-refractivity contribution >= 4 is 6.29 Å². The van der Waals surface area contributed by atoms with Gasteiger partial charge in [-0.15, -0.1) is 0 Å². The zero-order valence-electron chi connectivity index (χ0n) is 8.98. The molecule has 0 aliphatic heterocycles. The summed E-state index contributed by atoms with van der Waals surface area (Å²) in [5.41, 5.74) is 0. The highest BCUT2D eigenvalue weighted by molar-refractivity contribution is 5.66. The minimum atomic E-state index is 0.0996. The van der Waals surface area contributed by atoms with E-state index in [0.29, 0.717) is 18.0 Å².